The topological polar surface area (TPSA) is 68.3 Å². The highest BCUT2D eigenvalue weighted by molar-refractivity contribution is 9.10. The van der Waals surface area contributed by atoms with Gasteiger partial charge in [0.15, 0.2) is 0 Å². The first-order valence-electron chi connectivity index (χ1n) is 6.45. The van der Waals surface area contributed by atoms with Gasteiger partial charge in [-0.05, 0) is 34.8 Å². The number of rotatable bonds is 3. The average Bonchev–Trinajstić information content (AvgIpc) is 2.39. The van der Waals surface area contributed by atoms with Gasteiger partial charge < -0.3 is 15.2 Å². The van der Waals surface area contributed by atoms with Crippen LogP contribution in [0.4, 0.5) is 0 Å². The SMILES string of the molecule is NC1CCCN(C(=O)CCn2cc(Br)ccc2=O)C1. The Morgan fingerprint density at radius 2 is 2.26 bits per heavy atom. The molecule has 2 rings (SSSR count). The lowest BCUT2D eigenvalue weighted by Gasteiger charge is -2.30. The Morgan fingerprint density at radius 1 is 1.47 bits per heavy atom. The molecule has 1 aromatic heterocycles. The molecule has 1 atom stereocenters. The van der Waals surface area contributed by atoms with Crippen molar-refractivity contribution in [3.05, 3.63) is 33.2 Å². The van der Waals surface area contributed by atoms with Crippen LogP contribution in [0.3, 0.4) is 0 Å². The first-order chi connectivity index (χ1) is 9.06. The molecule has 0 spiro atoms. The molecule has 0 saturated carbocycles. The summed E-state index contributed by atoms with van der Waals surface area (Å²) >= 11 is 3.32. The molecule has 1 saturated heterocycles. The van der Waals surface area contributed by atoms with Gasteiger partial charge in [-0.2, -0.15) is 0 Å². The van der Waals surface area contributed by atoms with Crippen LogP contribution in [0.25, 0.3) is 0 Å². The first-order valence-corrected chi connectivity index (χ1v) is 7.25. The van der Waals surface area contributed by atoms with Crippen molar-refractivity contribution in [3.8, 4) is 0 Å². The molecule has 5 nitrogen and oxygen atoms in total. The molecule has 1 aliphatic rings. The van der Waals surface area contributed by atoms with Gasteiger partial charge in [0.1, 0.15) is 0 Å². The predicted octanol–water partition coefficient (Wildman–Crippen LogP) is 0.951. The van der Waals surface area contributed by atoms with Crippen LogP contribution < -0.4 is 11.3 Å². The molecule has 19 heavy (non-hydrogen) atoms. The maximum atomic E-state index is 12.1. The minimum absolute atomic E-state index is 0.0713. The Labute approximate surface area is 120 Å². The van der Waals surface area contributed by atoms with E-state index in [1.165, 1.54) is 6.07 Å². The van der Waals surface area contributed by atoms with Gasteiger partial charge >= 0.3 is 0 Å². The van der Waals surface area contributed by atoms with Crippen LogP contribution in [-0.2, 0) is 11.3 Å². The van der Waals surface area contributed by atoms with Gasteiger partial charge in [-0.3, -0.25) is 9.59 Å². The number of aryl methyl sites for hydroxylation is 1. The molecule has 1 amide bonds. The number of hydrogen-bond donors (Lipinski definition) is 1. The van der Waals surface area contributed by atoms with E-state index in [9.17, 15) is 9.59 Å². The third-order valence-electron chi connectivity index (χ3n) is 3.32. The van der Waals surface area contributed by atoms with E-state index < -0.39 is 0 Å². The Balaban J connectivity index is 1.93. The third kappa shape index (κ3) is 3.91. The Hall–Kier alpha value is -1.14. The van der Waals surface area contributed by atoms with Crippen LogP contribution in [0.5, 0.6) is 0 Å². The van der Waals surface area contributed by atoms with Gasteiger partial charge in [0, 0.05) is 48.8 Å². The third-order valence-corrected chi connectivity index (χ3v) is 3.79. The van der Waals surface area contributed by atoms with Crippen molar-refractivity contribution in [2.45, 2.75) is 31.8 Å². The van der Waals surface area contributed by atoms with Crippen molar-refractivity contribution in [2.75, 3.05) is 13.1 Å². The maximum Gasteiger partial charge on any atom is 0.250 e. The largest absolute Gasteiger partial charge is 0.341 e. The maximum absolute atomic E-state index is 12.1. The quantitative estimate of drug-likeness (QED) is 0.898. The molecule has 2 heterocycles. The zero-order valence-corrected chi connectivity index (χ0v) is 12.3. The van der Waals surface area contributed by atoms with E-state index in [2.05, 4.69) is 15.9 Å². The lowest BCUT2D eigenvalue weighted by molar-refractivity contribution is -0.132. The number of nitrogens with two attached hydrogens (primary N) is 1. The van der Waals surface area contributed by atoms with Gasteiger partial charge in [0.2, 0.25) is 5.91 Å². The van der Waals surface area contributed by atoms with Gasteiger partial charge in [0.25, 0.3) is 5.56 Å². The molecule has 0 bridgehead atoms. The number of halogens is 1. The summed E-state index contributed by atoms with van der Waals surface area (Å²) in [7, 11) is 0. The highest BCUT2D eigenvalue weighted by Gasteiger charge is 2.20. The molecule has 1 fully saturated rings. The Morgan fingerprint density at radius 3 is 3.00 bits per heavy atom. The second-order valence-corrected chi connectivity index (χ2v) is 5.79. The number of nitrogens with zero attached hydrogens (tertiary/aromatic N) is 2. The zero-order chi connectivity index (χ0) is 13.8. The number of carbonyl (C=O) groups is 1. The van der Waals surface area contributed by atoms with E-state index in [1.807, 2.05) is 0 Å². The fraction of sp³-hybridized carbons (Fsp3) is 0.538. The number of pyridine rings is 1. The number of likely N-dealkylation sites (tertiary alicyclic amines) is 1. The fourth-order valence-corrected chi connectivity index (χ4v) is 2.67. The summed E-state index contributed by atoms with van der Waals surface area (Å²) in [6, 6.07) is 3.28. The van der Waals surface area contributed by atoms with Crippen molar-refractivity contribution in [3.63, 3.8) is 0 Å². The van der Waals surface area contributed by atoms with Crippen LogP contribution in [-0.4, -0.2) is 34.5 Å². The summed E-state index contributed by atoms with van der Waals surface area (Å²) in [5.41, 5.74) is 5.77. The van der Waals surface area contributed by atoms with Crippen molar-refractivity contribution in [1.29, 1.82) is 0 Å². The summed E-state index contributed by atoms with van der Waals surface area (Å²) in [4.78, 5) is 25.5. The van der Waals surface area contributed by atoms with Crippen LogP contribution in [0.2, 0.25) is 0 Å². The molecule has 1 aromatic rings. The van der Waals surface area contributed by atoms with Crippen LogP contribution in [0.15, 0.2) is 27.6 Å². The van der Waals surface area contributed by atoms with E-state index in [4.69, 9.17) is 5.73 Å². The minimum atomic E-state index is -0.0913. The molecular formula is C13H18BrN3O2. The molecule has 1 aliphatic heterocycles. The normalized spacial score (nSPS) is 19.5. The molecule has 0 radical (unpaired) electrons. The molecule has 0 aliphatic carbocycles. The highest BCUT2D eigenvalue weighted by atomic mass is 79.9. The van der Waals surface area contributed by atoms with Crippen molar-refractivity contribution >= 4 is 21.8 Å². The summed E-state index contributed by atoms with van der Waals surface area (Å²) in [5.74, 6) is 0.0713. The second kappa shape index (κ2) is 6.34. The lowest BCUT2D eigenvalue weighted by atomic mass is 10.1. The first kappa shape index (κ1) is 14.3. The molecular weight excluding hydrogens is 310 g/mol. The summed E-state index contributed by atoms with van der Waals surface area (Å²) in [6.45, 7) is 1.81. The van der Waals surface area contributed by atoms with Crippen molar-refractivity contribution in [1.82, 2.24) is 9.47 Å². The van der Waals surface area contributed by atoms with Crippen LogP contribution in [0.1, 0.15) is 19.3 Å². The zero-order valence-electron chi connectivity index (χ0n) is 10.7. The van der Waals surface area contributed by atoms with E-state index >= 15 is 0 Å². The summed E-state index contributed by atoms with van der Waals surface area (Å²) in [5, 5.41) is 0. The Kier molecular flexibility index (Phi) is 4.76. The highest BCUT2D eigenvalue weighted by Crippen LogP contribution is 2.10. The Bertz CT molecular complexity index is 515. The number of hydrogen-bond acceptors (Lipinski definition) is 3. The molecule has 6 heteroatoms. The van der Waals surface area contributed by atoms with Crippen LogP contribution >= 0.6 is 15.9 Å². The number of piperidine rings is 1. The summed E-state index contributed by atoms with van der Waals surface area (Å²) in [6.07, 6.45) is 3.99. The lowest BCUT2D eigenvalue weighted by Crippen LogP contribution is -2.46. The van der Waals surface area contributed by atoms with E-state index in [1.54, 1.807) is 21.7 Å². The molecule has 0 aromatic carbocycles. The smallest absolute Gasteiger partial charge is 0.250 e. The summed E-state index contributed by atoms with van der Waals surface area (Å²) < 4.78 is 2.38. The van der Waals surface area contributed by atoms with E-state index in [0.29, 0.717) is 19.5 Å². The number of amides is 1. The molecule has 104 valence electrons. The van der Waals surface area contributed by atoms with Gasteiger partial charge in [-0.1, -0.05) is 0 Å². The van der Waals surface area contributed by atoms with Gasteiger partial charge in [-0.25, -0.2) is 0 Å². The standard InChI is InChI=1S/C13H18BrN3O2/c14-10-3-4-12(18)17(8-10)7-5-13(19)16-6-1-2-11(15)9-16/h3-4,8,11H,1-2,5-7,9,15H2. The van der Waals surface area contributed by atoms with Crippen molar-refractivity contribution in [2.24, 2.45) is 5.73 Å². The van der Waals surface area contributed by atoms with Crippen molar-refractivity contribution < 1.29 is 4.79 Å². The van der Waals surface area contributed by atoms with Gasteiger partial charge in [-0.15, -0.1) is 0 Å². The second-order valence-electron chi connectivity index (χ2n) is 4.87. The average molecular weight is 328 g/mol. The van der Waals surface area contributed by atoms with Crippen LogP contribution in [0, 0.1) is 0 Å². The fourth-order valence-electron chi connectivity index (χ4n) is 2.29. The number of aromatic nitrogens is 1. The predicted molar refractivity (Wildman–Crippen MR) is 76.8 cm³/mol. The molecule has 1 unspecified atom stereocenters. The molecule has 2 N–H and O–H groups in total. The van der Waals surface area contributed by atoms with E-state index in [0.717, 1.165) is 23.9 Å². The minimum Gasteiger partial charge on any atom is -0.341 e. The van der Waals surface area contributed by atoms with Gasteiger partial charge in [0.05, 0.1) is 0 Å². The van der Waals surface area contributed by atoms with E-state index in [-0.39, 0.29) is 17.5 Å². The monoisotopic (exact) mass is 327 g/mol. The number of carbonyl (C=O) groups excluding carboxylic acids is 1.